The molecule has 0 fully saturated rings. The summed E-state index contributed by atoms with van der Waals surface area (Å²) >= 11 is 0. The molecule has 0 saturated heterocycles. The first kappa shape index (κ1) is 17.0. The van der Waals surface area contributed by atoms with E-state index in [-0.39, 0.29) is 18.2 Å². The standard InChI is InChI=1S/C21H20N4O2/c1-14-18-12-15(13-19(26)22-16-8-4-2-5-9-16)21(27)23-20(18)25(24-14)17-10-6-3-7-11-17/h2-11,15H,12-13H2,1H3,(H,22,26)(H,23,27). The molecule has 2 N–H and O–H groups in total. The number of nitrogens with zero attached hydrogens (tertiary/aromatic N) is 2. The van der Waals surface area contributed by atoms with Gasteiger partial charge in [-0.1, -0.05) is 36.4 Å². The van der Waals surface area contributed by atoms with E-state index in [0.29, 0.717) is 12.2 Å². The van der Waals surface area contributed by atoms with Crippen molar-refractivity contribution in [2.24, 2.45) is 5.92 Å². The molecule has 1 atom stereocenters. The normalized spacial score (nSPS) is 15.7. The quantitative estimate of drug-likeness (QED) is 0.749. The van der Waals surface area contributed by atoms with E-state index in [1.807, 2.05) is 67.6 Å². The molecule has 1 unspecified atom stereocenters. The Labute approximate surface area is 157 Å². The van der Waals surface area contributed by atoms with Crippen LogP contribution in [0.1, 0.15) is 17.7 Å². The maximum Gasteiger partial charge on any atom is 0.229 e. The molecule has 1 aliphatic rings. The Morgan fingerprint density at radius 1 is 1.15 bits per heavy atom. The zero-order valence-electron chi connectivity index (χ0n) is 15.0. The van der Waals surface area contributed by atoms with Crippen molar-refractivity contribution in [1.29, 1.82) is 0 Å². The third-order valence-electron chi connectivity index (χ3n) is 4.74. The van der Waals surface area contributed by atoms with Gasteiger partial charge in [0.15, 0.2) is 0 Å². The summed E-state index contributed by atoms with van der Waals surface area (Å²) in [6.45, 7) is 1.93. The predicted molar refractivity (Wildman–Crippen MR) is 104 cm³/mol. The van der Waals surface area contributed by atoms with Crippen LogP contribution < -0.4 is 10.6 Å². The van der Waals surface area contributed by atoms with Gasteiger partial charge < -0.3 is 10.6 Å². The van der Waals surface area contributed by atoms with Gasteiger partial charge in [0.25, 0.3) is 0 Å². The summed E-state index contributed by atoms with van der Waals surface area (Å²) in [5, 5.41) is 10.4. The van der Waals surface area contributed by atoms with Gasteiger partial charge in [0.1, 0.15) is 5.82 Å². The zero-order valence-corrected chi connectivity index (χ0v) is 15.0. The van der Waals surface area contributed by atoms with E-state index in [9.17, 15) is 9.59 Å². The first-order valence-electron chi connectivity index (χ1n) is 8.91. The molecule has 2 aromatic carbocycles. The van der Waals surface area contributed by atoms with Gasteiger partial charge in [-0.05, 0) is 37.6 Å². The highest BCUT2D eigenvalue weighted by atomic mass is 16.2. The number of nitrogens with one attached hydrogen (secondary N) is 2. The van der Waals surface area contributed by atoms with Gasteiger partial charge >= 0.3 is 0 Å². The molecular weight excluding hydrogens is 340 g/mol. The van der Waals surface area contributed by atoms with E-state index in [1.165, 1.54) is 0 Å². The van der Waals surface area contributed by atoms with Crippen LogP contribution in [0.25, 0.3) is 5.69 Å². The van der Waals surface area contributed by atoms with E-state index in [1.54, 1.807) is 4.68 Å². The number of aromatic nitrogens is 2. The predicted octanol–water partition coefficient (Wildman–Crippen LogP) is 3.32. The van der Waals surface area contributed by atoms with Crippen LogP contribution in [0, 0.1) is 12.8 Å². The van der Waals surface area contributed by atoms with Gasteiger partial charge in [0.2, 0.25) is 11.8 Å². The average molecular weight is 360 g/mol. The van der Waals surface area contributed by atoms with Crippen LogP contribution in [0.5, 0.6) is 0 Å². The number of anilines is 2. The highest BCUT2D eigenvalue weighted by Gasteiger charge is 2.32. The second-order valence-electron chi connectivity index (χ2n) is 6.67. The number of amides is 2. The van der Waals surface area contributed by atoms with E-state index in [2.05, 4.69) is 15.7 Å². The van der Waals surface area contributed by atoms with Gasteiger partial charge in [-0.2, -0.15) is 5.10 Å². The van der Waals surface area contributed by atoms with Crippen molar-refractivity contribution in [3.63, 3.8) is 0 Å². The third-order valence-corrected chi connectivity index (χ3v) is 4.74. The fraction of sp³-hybridized carbons (Fsp3) is 0.190. The minimum Gasteiger partial charge on any atom is -0.326 e. The number of carbonyl (C=O) groups is 2. The first-order valence-corrected chi connectivity index (χ1v) is 8.91. The van der Waals surface area contributed by atoms with Gasteiger partial charge in [-0.15, -0.1) is 0 Å². The Kier molecular flexibility index (Phi) is 4.46. The summed E-state index contributed by atoms with van der Waals surface area (Å²) in [4.78, 5) is 24.9. The summed E-state index contributed by atoms with van der Waals surface area (Å²) < 4.78 is 1.75. The molecule has 0 bridgehead atoms. The molecule has 3 aromatic rings. The van der Waals surface area contributed by atoms with Crippen molar-refractivity contribution >= 4 is 23.3 Å². The minimum absolute atomic E-state index is 0.135. The van der Waals surface area contributed by atoms with Crippen LogP contribution in [0.4, 0.5) is 11.5 Å². The molecule has 6 nitrogen and oxygen atoms in total. The van der Waals surface area contributed by atoms with Crippen molar-refractivity contribution < 1.29 is 9.59 Å². The van der Waals surface area contributed by atoms with E-state index in [4.69, 9.17) is 0 Å². The van der Waals surface area contributed by atoms with Gasteiger partial charge in [0.05, 0.1) is 17.3 Å². The lowest BCUT2D eigenvalue weighted by Crippen LogP contribution is -2.33. The van der Waals surface area contributed by atoms with Crippen molar-refractivity contribution in [3.8, 4) is 5.69 Å². The van der Waals surface area contributed by atoms with Crippen molar-refractivity contribution in [2.75, 3.05) is 10.6 Å². The first-order chi connectivity index (χ1) is 13.1. The average Bonchev–Trinajstić information content (AvgIpc) is 2.99. The Hall–Kier alpha value is -3.41. The molecule has 0 saturated carbocycles. The second kappa shape index (κ2) is 7.07. The Balaban J connectivity index is 1.53. The number of rotatable bonds is 4. The topological polar surface area (TPSA) is 76.0 Å². The maximum atomic E-state index is 12.6. The molecule has 6 heteroatoms. The molecule has 27 heavy (non-hydrogen) atoms. The lowest BCUT2D eigenvalue weighted by Gasteiger charge is -2.23. The monoisotopic (exact) mass is 360 g/mol. The lowest BCUT2D eigenvalue weighted by atomic mass is 9.91. The molecule has 136 valence electrons. The Bertz CT molecular complexity index is 980. The summed E-state index contributed by atoms with van der Waals surface area (Å²) in [5.74, 6) is -0.0301. The molecule has 1 aliphatic heterocycles. The third kappa shape index (κ3) is 3.46. The summed E-state index contributed by atoms with van der Waals surface area (Å²) in [6, 6.07) is 18.9. The number of carbonyl (C=O) groups excluding carboxylic acids is 2. The molecule has 0 spiro atoms. The number of hydrogen-bond donors (Lipinski definition) is 2. The van der Waals surface area contributed by atoms with Gasteiger partial charge in [-0.25, -0.2) is 4.68 Å². The molecule has 0 radical (unpaired) electrons. The van der Waals surface area contributed by atoms with Crippen molar-refractivity contribution in [3.05, 3.63) is 71.9 Å². The fourth-order valence-corrected chi connectivity index (χ4v) is 3.37. The summed E-state index contributed by atoms with van der Waals surface area (Å²) in [5.41, 5.74) is 3.47. The van der Waals surface area contributed by atoms with E-state index < -0.39 is 5.92 Å². The largest absolute Gasteiger partial charge is 0.326 e. The number of aryl methyl sites for hydroxylation is 1. The highest BCUT2D eigenvalue weighted by molar-refractivity contribution is 6.00. The minimum atomic E-state index is -0.409. The number of fused-ring (bicyclic) bond motifs is 1. The summed E-state index contributed by atoms with van der Waals surface area (Å²) in [6.07, 6.45) is 0.637. The van der Waals surface area contributed by atoms with Gasteiger partial charge in [-0.3, -0.25) is 9.59 Å². The van der Waals surface area contributed by atoms with E-state index >= 15 is 0 Å². The van der Waals surface area contributed by atoms with E-state index in [0.717, 1.165) is 22.6 Å². The molecule has 1 aromatic heterocycles. The van der Waals surface area contributed by atoms with Crippen LogP contribution in [0.3, 0.4) is 0 Å². The Morgan fingerprint density at radius 3 is 2.52 bits per heavy atom. The smallest absolute Gasteiger partial charge is 0.229 e. The number of benzene rings is 2. The van der Waals surface area contributed by atoms with Crippen molar-refractivity contribution in [1.82, 2.24) is 9.78 Å². The molecule has 2 amide bonds. The highest BCUT2D eigenvalue weighted by Crippen LogP contribution is 2.31. The molecular formula is C21H20N4O2. The van der Waals surface area contributed by atoms with Crippen LogP contribution in [0.2, 0.25) is 0 Å². The van der Waals surface area contributed by atoms with Crippen LogP contribution in [0.15, 0.2) is 60.7 Å². The van der Waals surface area contributed by atoms with Crippen LogP contribution in [-0.4, -0.2) is 21.6 Å². The molecule has 2 heterocycles. The molecule has 4 rings (SSSR count). The Morgan fingerprint density at radius 2 is 1.81 bits per heavy atom. The fourth-order valence-electron chi connectivity index (χ4n) is 3.37. The lowest BCUT2D eigenvalue weighted by molar-refractivity contribution is -0.125. The van der Waals surface area contributed by atoms with Crippen molar-refractivity contribution in [2.45, 2.75) is 19.8 Å². The van der Waals surface area contributed by atoms with Gasteiger partial charge in [0, 0.05) is 17.7 Å². The summed E-state index contributed by atoms with van der Waals surface area (Å²) in [7, 11) is 0. The number of hydrogen-bond acceptors (Lipinski definition) is 3. The number of para-hydroxylation sites is 2. The van der Waals surface area contributed by atoms with Crippen LogP contribution >= 0.6 is 0 Å². The second-order valence-corrected chi connectivity index (χ2v) is 6.67. The maximum absolute atomic E-state index is 12.6. The SMILES string of the molecule is Cc1nn(-c2ccccc2)c2c1CC(CC(=O)Nc1ccccc1)C(=O)N2. The van der Waals surface area contributed by atoms with Crippen LogP contribution in [-0.2, 0) is 16.0 Å². The zero-order chi connectivity index (χ0) is 18.8. The molecule has 0 aliphatic carbocycles.